The molecular formula is C14H19NS. The summed E-state index contributed by atoms with van der Waals surface area (Å²) >= 11 is 2.05. The van der Waals surface area contributed by atoms with Crippen molar-refractivity contribution in [3.63, 3.8) is 0 Å². The number of thioether (sulfide) groups is 1. The van der Waals surface area contributed by atoms with E-state index in [1.54, 1.807) is 5.56 Å². The Balaban J connectivity index is 2.11. The number of fused-ring (bicyclic) bond motifs is 3. The zero-order chi connectivity index (χ0) is 11.0. The summed E-state index contributed by atoms with van der Waals surface area (Å²) in [5, 5.41) is 3.66. The van der Waals surface area contributed by atoms with E-state index < -0.39 is 0 Å². The van der Waals surface area contributed by atoms with Crippen LogP contribution in [0.15, 0.2) is 29.2 Å². The molecule has 0 aromatic heterocycles. The first kappa shape index (κ1) is 10.7. The molecule has 1 N–H and O–H groups in total. The Labute approximate surface area is 102 Å². The third-order valence-electron chi connectivity index (χ3n) is 4.32. The first-order valence-electron chi connectivity index (χ1n) is 6.28. The zero-order valence-electron chi connectivity index (χ0n) is 9.83. The highest BCUT2D eigenvalue weighted by Gasteiger charge is 2.44. The Bertz CT molecular complexity index is 390. The predicted molar refractivity (Wildman–Crippen MR) is 69.9 cm³/mol. The number of benzene rings is 1. The van der Waals surface area contributed by atoms with E-state index in [1.165, 1.54) is 36.3 Å². The van der Waals surface area contributed by atoms with Crippen LogP contribution < -0.4 is 5.32 Å². The topological polar surface area (TPSA) is 12.0 Å². The van der Waals surface area contributed by atoms with Gasteiger partial charge in [-0.1, -0.05) is 31.0 Å². The molecule has 16 heavy (non-hydrogen) atoms. The molecule has 0 radical (unpaired) electrons. The minimum Gasteiger partial charge on any atom is -0.310 e. The highest BCUT2D eigenvalue weighted by atomic mass is 32.2. The van der Waals surface area contributed by atoms with E-state index in [4.69, 9.17) is 0 Å². The summed E-state index contributed by atoms with van der Waals surface area (Å²) in [6.07, 6.45) is 5.49. The van der Waals surface area contributed by atoms with Crippen LogP contribution in [0.4, 0.5) is 0 Å². The average molecular weight is 233 g/mol. The number of rotatable bonds is 1. The lowest BCUT2D eigenvalue weighted by molar-refractivity contribution is 0.162. The summed E-state index contributed by atoms with van der Waals surface area (Å²) in [4.78, 5) is 1.50. The lowest BCUT2D eigenvalue weighted by Gasteiger charge is -2.48. The smallest absolute Gasteiger partial charge is 0.0479 e. The maximum atomic E-state index is 3.66. The summed E-state index contributed by atoms with van der Waals surface area (Å²) in [6.45, 7) is 0. The SMILES string of the molecule is CN[C@@]12CCCCC1CSc1ccccc12. The van der Waals surface area contributed by atoms with Crippen LogP contribution in [-0.2, 0) is 5.54 Å². The van der Waals surface area contributed by atoms with Gasteiger partial charge in [-0.25, -0.2) is 0 Å². The van der Waals surface area contributed by atoms with Crippen molar-refractivity contribution >= 4 is 11.8 Å². The fourth-order valence-electron chi connectivity index (χ4n) is 3.44. The quantitative estimate of drug-likeness (QED) is 0.798. The second-order valence-electron chi connectivity index (χ2n) is 4.97. The molecule has 0 saturated heterocycles. The van der Waals surface area contributed by atoms with Gasteiger partial charge in [0.2, 0.25) is 0 Å². The van der Waals surface area contributed by atoms with Crippen molar-refractivity contribution in [1.82, 2.24) is 5.32 Å². The molecule has 1 heterocycles. The molecule has 1 aromatic rings. The van der Waals surface area contributed by atoms with Crippen LogP contribution in [0.5, 0.6) is 0 Å². The standard InChI is InChI=1S/C14H19NS/c1-15-14-9-5-4-6-11(14)10-16-13-8-3-2-7-12(13)14/h2-3,7-8,11,15H,4-6,9-10H2,1H3/t11?,14-/m0/s1. The molecule has 1 saturated carbocycles. The van der Waals surface area contributed by atoms with Crippen molar-refractivity contribution in [3.8, 4) is 0 Å². The van der Waals surface area contributed by atoms with Crippen LogP contribution in [0.3, 0.4) is 0 Å². The minimum atomic E-state index is 0.278. The van der Waals surface area contributed by atoms with Crippen molar-refractivity contribution in [2.75, 3.05) is 12.8 Å². The van der Waals surface area contributed by atoms with Gasteiger partial charge in [-0.3, -0.25) is 0 Å². The molecule has 2 aliphatic rings. The van der Waals surface area contributed by atoms with Crippen molar-refractivity contribution in [2.45, 2.75) is 36.1 Å². The Kier molecular flexibility index (Phi) is 2.72. The highest BCUT2D eigenvalue weighted by Crippen LogP contribution is 2.50. The van der Waals surface area contributed by atoms with E-state index in [0.717, 1.165) is 5.92 Å². The Hall–Kier alpha value is -0.470. The van der Waals surface area contributed by atoms with Gasteiger partial charge in [0.1, 0.15) is 0 Å². The second kappa shape index (κ2) is 4.08. The van der Waals surface area contributed by atoms with Gasteiger partial charge in [-0.15, -0.1) is 11.8 Å². The number of nitrogens with one attached hydrogen (secondary N) is 1. The Morgan fingerprint density at radius 2 is 2.19 bits per heavy atom. The second-order valence-corrected chi connectivity index (χ2v) is 6.03. The molecule has 1 aromatic carbocycles. The van der Waals surface area contributed by atoms with E-state index in [2.05, 4.69) is 36.6 Å². The van der Waals surface area contributed by atoms with Gasteiger partial charge in [-0.2, -0.15) is 0 Å². The third-order valence-corrected chi connectivity index (χ3v) is 5.56. The summed E-state index contributed by atoms with van der Waals surface area (Å²) < 4.78 is 0. The molecule has 0 amide bonds. The van der Waals surface area contributed by atoms with Crippen LogP contribution in [0.2, 0.25) is 0 Å². The average Bonchev–Trinajstić information content (AvgIpc) is 2.38. The molecule has 2 heteroatoms. The highest BCUT2D eigenvalue weighted by molar-refractivity contribution is 7.99. The largest absolute Gasteiger partial charge is 0.310 e. The number of hydrogen-bond donors (Lipinski definition) is 1. The lowest BCUT2D eigenvalue weighted by Crippen LogP contribution is -2.51. The zero-order valence-corrected chi connectivity index (χ0v) is 10.6. The van der Waals surface area contributed by atoms with Crippen molar-refractivity contribution in [1.29, 1.82) is 0 Å². The predicted octanol–water partition coefficient (Wildman–Crippen LogP) is 3.40. The molecule has 1 fully saturated rings. The summed E-state index contributed by atoms with van der Waals surface area (Å²) in [5.41, 5.74) is 1.83. The Morgan fingerprint density at radius 1 is 1.31 bits per heavy atom. The van der Waals surface area contributed by atoms with Gasteiger partial charge in [-0.05, 0) is 37.4 Å². The molecule has 3 rings (SSSR count). The van der Waals surface area contributed by atoms with E-state index in [9.17, 15) is 0 Å². The summed E-state index contributed by atoms with van der Waals surface area (Å²) in [6, 6.07) is 8.97. The van der Waals surface area contributed by atoms with Crippen molar-refractivity contribution < 1.29 is 0 Å². The van der Waals surface area contributed by atoms with Crippen molar-refractivity contribution in [3.05, 3.63) is 29.8 Å². The Morgan fingerprint density at radius 3 is 3.06 bits per heavy atom. The molecule has 0 spiro atoms. The van der Waals surface area contributed by atoms with Crippen LogP contribution in [0.1, 0.15) is 31.2 Å². The monoisotopic (exact) mass is 233 g/mol. The van der Waals surface area contributed by atoms with E-state index >= 15 is 0 Å². The lowest BCUT2D eigenvalue weighted by atomic mass is 9.69. The molecule has 0 bridgehead atoms. The third kappa shape index (κ3) is 1.43. The molecule has 1 unspecified atom stereocenters. The van der Waals surface area contributed by atoms with Gasteiger partial charge in [0, 0.05) is 16.2 Å². The molecular weight excluding hydrogens is 214 g/mol. The summed E-state index contributed by atoms with van der Waals surface area (Å²) in [7, 11) is 2.14. The maximum Gasteiger partial charge on any atom is 0.0479 e. The summed E-state index contributed by atoms with van der Waals surface area (Å²) in [5.74, 6) is 2.11. The van der Waals surface area contributed by atoms with Crippen molar-refractivity contribution in [2.24, 2.45) is 5.92 Å². The fraction of sp³-hybridized carbons (Fsp3) is 0.571. The van der Waals surface area contributed by atoms with Crippen LogP contribution in [0, 0.1) is 5.92 Å². The van der Waals surface area contributed by atoms with Gasteiger partial charge in [0.25, 0.3) is 0 Å². The molecule has 86 valence electrons. The first-order valence-corrected chi connectivity index (χ1v) is 7.26. The molecule has 1 nitrogen and oxygen atoms in total. The molecule has 1 aliphatic heterocycles. The van der Waals surface area contributed by atoms with Gasteiger partial charge in [0.05, 0.1) is 0 Å². The molecule has 2 atom stereocenters. The van der Waals surface area contributed by atoms with Gasteiger partial charge < -0.3 is 5.32 Å². The first-order chi connectivity index (χ1) is 7.87. The fourth-order valence-corrected chi connectivity index (χ4v) is 4.85. The van der Waals surface area contributed by atoms with Gasteiger partial charge >= 0.3 is 0 Å². The van der Waals surface area contributed by atoms with E-state index in [1.807, 2.05) is 11.8 Å². The normalized spacial score (nSPS) is 32.9. The number of hydrogen-bond acceptors (Lipinski definition) is 2. The van der Waals surface area contributed by atoms with Gasteiger partial charge in [0.15, 0.2) is 0 Å². The van der Waals surface area contributed by atoms with Crippen LogP contribution in [-0.4, -0.2) is 12.8 Å². The maximum absolute atomic E-state index is 3.66. The van der Waals surface area contributed by atoms with E-state index in [-0.39, 0.29) is 5.54 Å². The van der Waals surface area contributed by atoms with E-state index in [0.29, 0.717) is 0 Å². The van der Waals surface area contributed by atoms with Crippen LogP contribution >= 0.6 is 11.8 Å². The molecule has 1 aliphatic carbocycles. The van der Waals surface area contributed by atoms with Crippen LogP contribution in [0.25, 0.3) is 0 Å². The minimum absolute atomic E-state index is 0.278.